The van der Waals surface area contributed by atoms with E-state index < -0.39 is 29.5 Å². The topological polar surface area (TPSA) is 68.2 Å². The van der Waals surface area contributed by atoms with Crippen molar-refractivity contribution in [3.05, 3.63) is 71.9 Å². The summed E-state index contributed by atoms with van der Waals surface area (Å²) in [5.74, 6) is -0.923. The van der Waals surface area contributed by atoms with Crippen molar-refractivity contribution in [1.29, 1.82) is 0 Å². The van der Waals surface area contributed by atoms with Crippen LogP contribution >= 0.6 is 0 Å². The molecule has 0 radical (unpaired) electrons. The van der Waals surface area contributed by atoms with Gasteiger partial charge in [-0.2, -0.15) is 13.2 Å². The van der Waals surface area contributed by atoms with Gasteiger partial charge >= 0.3 is 6.18 Å². The molecule has 1 amide bonds. The van der Waals surface area contributed by atoms with E-state index in [0.717, 1.165) is 25.0 Å². The second-order valence-electron chi connectivity index (χ2n) is 8.11. The van der Waals surface area contributed by atoms with Crippen LogP contribution in [0.3, 0.4) is 0 Å². The first kappa shape index (κ1) is 23.6. The van der Waals surface area contributed by atoms with Crippen molar-refractivity contribution in [1.82, 2.24) is 19.9 Å². The summed E-state index contributed by atoms with van der Waals surface area (Å²) < 4.78 is 58.9. The standard InChI is InChI=1S/C24H22F4N4O2/c1-15-5-3-12-32(19(15)14-34-20-9-8-16(13-31-20)24(26,27)28)23(33)21-17(6-2-7-18(21)25)22-29-10-4-11-30-22/h2,4,6-11,13,15,19H,3,5,12,14H2,1H3. The van der Waals surface area contributed by atoms with Crippen LogP contribution in [0.2, 0.25) is 0 Å². The van der Waals surface area contributed by atoms with E-state index in [1.54, 1.807) is 17.0 Å². The number of amides is 1. The van der Waals surface area contributed by atoms with E-state index in [9.17, 15) is 22.4 Å². The first-order valence-corrected chi connectivity index (χ1v) is 10.8. The van der Waals surface area contributed by atoms with Gasteiger partial charge in [-0.25, -0.2) is 19.3 Å². The Morgan fingerprint density at radius 2 is 1.88 bits per heavy atom. The Balaban J connectivity index is 1.58. The van der Waals surface area contributed by atoms with Gasteiger partial charge in [-0.3, -0.25) is 4.79 Å². The van der Waals surface area contributed by atoms with Gasteiger partial charge in [0.2, 0.25) is 5.88 Å². The molecule has 1 aliphatic heterocycles. The molecule has 0 N–H and O–H groups in total. The first-order valence-electron chi connectivity index (χ1n) is 10.8. The molecule has 1 fully saturated rings. The van der Waals surface area contributed by atoms with Gasteiger partial charge in [-0.1, -0.05) is 19.1 Å². The Labute approximate surface area is 193 Å². The maximum absolute atomic E-state index is 14.9. The number of alkyl halides is 3. The molecule has 2 atom stereocenters. The van der Waals surface area contributed by atoms with Crippen LogP contribution in [0.15, 0.2) is 55.0 Å². The minimum Gasteiger partial charge on any atom is -0.475 e. The van der Waals surface area contributed by atoms with Gasteiger partial charge in [-0.15, -0.1) is 0 Å². The molecule has 0 bridgehead atoms. The number of nitrogens with zero attached hydrogens (tertiary/aromatic N) is 4. The highest BCUT2D eigenvalue weighted by molar-refractivity contribution is 6.00. The smallest absolute Gasteiger partial charge is 0.417 e. The summed E-state index contributed by atoms with van der Waals surface area (Å²) in [4.78, 5) is 27.2. The third kappa shape index (κ3) is 5.00. The number of likely N-dealkylation sites (tertiary alicyclic amines) is 1. The van der Waals surface area contributed by atoms with E-state index in [2.05, 4.69) is 15.0 Å². The SMILES string of the molecule is CC1CCCN(C(=O)c2c(F)cccc2-c2ncccn2)C1COc1ccc(C(F)(F)F)cn1. The summed E-state index contributed by atoms with van der Waals surface area (Å²) in [6.45, 7) is 2.36. The van der Waals surface area contributed by atoms with Crippen LogP contribution in [-0.4, -0.2) is 45.0 Å². The van der Waals surface area contributed by atoms with E-state index in [1.165, 1.54) is 24.5 Å². The Bertz CT molecular complexity index is 1140. The average Bonchev–Trinajstić information content (AvgIpc) is 2.83. The zero-order valence-electron chi connectivity index (χ0n) is 18.3. The summed E-state index contributed by atoms with van der Waals surface area (Å²) >= 11 is 0. The number of pyridine rings is 1. The lowest BCUT2D eigenvalue weighted by Crippen LogP contribution is -2.51. The number of aromatic nitrogens is 3. The van der Waals surface area contributed by atoms with Crippen molar-refractivity contribution in [2.24, 2.45) is 5.92 Å². The van der Waals surface area contributed by atoms with Crippen molar-refractivity contribution >= 4 is 5.91 Å². The maximum Gasteiger partial charge on any atom is 0.417 e. The molecule has 0 saturated carbocycles. The highest BCUT2D eigenvalue weighted by atomic mass is 19.4. The summed E-state index contributed by atoms with van der Waals surface area (Å²) in [5, 5.41) is 0. The summed E-state index contributed by atoms with van der Waals surface area (Å²) in [6, 6.07) is 7.54. The van der Waals surface area contributed by atoms with Crippen molar-refractivity contribution in [3.63, 3.8) is 0 Å². The van der Waals surface area contributed by atoms with Gasteiger partial charge in [0, 0.05) is 36.8 Å². The number of piperidine rings is 1. The second-order valence-corrected chi connectivity index (χ2v) is 8.11. The summed E-state index contributed by atoms with van der Waals surface area (Å²) in [7, 11) is 0. The Morgan fingerprint density at radius 1 is 1.12 bits per heavy atom. The van der Waals surface area contributed by atoms with Crippen LogP contribution in [0.1, 0.15) is 35.7 Å². The van der Waals surface area contributed by atoms with Crippen molar-refractivity contribution in [2.75, 3.05) is 13.2 Å². The normalized spacial score (nSPS) is 18.6. The van der Waals surface area contributed by atoms with E-state index in [-0.39, 0.29) is 35.4 Å². The largest absolute Gasteiger partial charge is 0.475 e. The number of benzene rings is 1. The molecular weight excluding hydrogens is 452 g/mol. The Hall–Kier alpha value is -3.56. The molecule has 1 aliphatic rings. The zero-order chi connectivity index (χ0) is 24.3. The van der Waals surface area contributed by atoms with Gasteiger partial charge < -0.3 is 9.64 Å². The molecule has 3 heterocycles. The minimum atomic E-state index is -4.49. The highest BCUT2D eigenvalue weighted by Crippen LogP contribution is 2.31. The van der Waals surface area contributed by atoms with Crippen molar-refractivity contribution in [3.8, 4) is 17.3 Å². The molecule has 3 aromatic rings. The Morgan fingerprint density at radius 3 is 2.56 bits per heavy atom. The van der Waals surface area contributed by atoms with Gasteiger partial charge in [0.05, 0.1) is 17.2 Å². The monoisotopic (exact) mass is 474 g/mol. The summed E-state index contributed by atoms with van der Waals surface area (Å²) in [6.07, 6.45) is 0.786. The lowest BCUT2D eigenvalue weighted by atomic mass is 9.90. The third-order valence-corrected chi connectivity index (χ3v) is 5.88. The molecule has 0 spiro atoms. The van der Waals surface area contributed by atoms with E-state index in [4.69, 9.17) is 4.74 Å². The van der Waals surface area contributed by atoms with Crippen LogP contribution < -0.4 is 4.74 Å². The van der Waals surface area contributed by atoms with Gasteiger partial charge in [0.1, 0.15) is 12.4 Å². The average molecular weight is 474 g/mol. The quantitative estimate of drug-likeness (QED) is 0.486. The molecule has 10 heteroatoms. The fourth-order valence-electron chi connectivity index (χ4n) is 4.07. The fourth-order valence-corrected chi connectivity index (χ4v) is 4.07. The molecule has 2 aromatic heterocycles. The predicted molar refractivity (Wildman–Crippen MR) is 115 cm³/mol. The number of ether oxygens (including phenoxy) is 1. The summed E-state index contributed by atoms with van der Waals surface area (Å²) in [5.41, 5.74) is -0.716. The maximum atomic E-state index is 14.9. The van der Waals surface area contributed by atoms with Crippen molar-refractivity contribution < 1.29 is 27.1 Å². The minimum absolute atomic E-state index is 0.0108. The molecule has 2 unspecified atom stereocenters. The van der Waals surface area contributed by atoms with E-state index >= 15 is 0 Å². The lowest BCUT2D eigenvalue weighted by Gasteiger charge is -2.40. The van der Waals surface area contributed by atoms with E-state index in [1.807, 2.05) is 6.92 Å². The number of halogens is 4. The van der Waals surface area contributed by atoms with Gasteiger partial charge in [-0.05, 0) is 37.0 Å². The molecule has 4 rings (SSSR count). The van der Waals surface area contributed by atoms with E-state index in [0.29, 0.717) is 12.7 Å². The van der Waals surface area contributed by atoms with Crippen LogP contribution in [0, 0.1) is 11.7 Å². The van der Waals surface area contributed by atoms with Crippen LogP contribution in [0.5, 0.6) is 5.88 Å². The number of hydrogen-bond acceptors (Lipinski definition) is 5. The van der Waals surface area contributed by atoms with Crippen LogP contribution in [0.4, 0.5) is 17.6 Å². The predicted octanol–water partition coefficient (Wildman–Crippen LogP) is 5.02. The van der Waals surface area contributed by atoms with Gasteiger partial charge in [0.25, 0.3) is 5.91 Å². The number of carbonyl (C=O) groups is 1. The second kappa shape index (κ2) is 9.74. The number of hydrogen-bond donors (Lipinski definition) is 0. The molecule has 6 nitrogen and oxygen atoms in total. The third-order valence-electron chi connectivity index (χ3n) is 5.88. The zero-order valence-corrected chi connectivity index (χ0v) is 18.3. The molecule has 0 aliphatic carbocycles. The van der Waals surface area contributed by atoms with Gasteiger partial charge in [0.15, 0.2) is 5.82 Å². The Kier molecular flexibility index (Phi) is 6.76. The lowest BCUT2D eigenvalue weighted by molar-refractivity contribution is -0.137. The van der Waals surface area contributed by atoms with Crippen LogP contribution in [-0.2, 0) is 6.18 Å². The first-order chi connectivity index (χ1) is 16.3. The van der Waals surface area contributed by atoms with Crippen molar-refractivity contribution in [2.45, 2.75) is 32.0 Å². The van der Waals surface area contributed by atoms with Crippen LogP contribution in [0.25, 0.3) is 11.4 Å². The highest BCUT2D eigenvalue weighted by Gasteiger charge is 2.35. The number of carbonyl (C=O) groups excluding carboxylic acids is 1. The molecule has 1 aromatic carbocycles. The molecule has 1 saturated heterocycles. The molecular formula is C24H22F4N4O2. The number of rotatable bonds is 5. The molecule has 178 valence electrons. The fraction of sp³-hybridized carbons (Fsp3) is 0.333. The molecule has 34 heavy (non-hydrogen) atoms.